The zero-order chi connectivity index (χ0) is 12.5. The van der Waals surface area contributed by atoms with Crippen LogP contribution in [0.25, 0.3) is 11.3 Å². The summed E-state index contributed by atoms with van der Waals surface area (Å²) in [6.07, 6.45) is 4.00. The number of halogens is 1. The standard InChI is InChI=1S/C13H12ClN3O/c1-18-12-6-9(4-5-15-12)10-7-11(14)17-13(16-10)8-2-3-8/h4-8H,2-3H2,1H3. The molecule has 1 aliphatic carbocycles. The first-order chi connectivity index (χ1) is 8.76. The van der Waals surface area contributed by atoms with Crippen LogP contribution in [-0.4, -0.2) is 22.1 Å². The number of nitrogens with zero attached hydrogens (tertiary/aromatic N) is 3. The molecule has 92 valence electrons. The number of hydrogen-bond acceptors (Lipinski definition) is 4. The first kappa shape index (κ1) is 11.4. The lowest BCUT2D eigenvalue weighted by atomic mass is 10.2. The lowest BCUT2D eigenvalue weighted by Gasteiger charge is -2.05. The molecule has 0 bridgehead atoms. The Hall–Kier alpha value is -1.68. The van der Waals surface area contributed by atoms with Crippen LogP contribution in [0.5, 0.6) is 5.88 Å². The van der Waals surface area contributed by atoms with Crippen molar-refractivity contribution in [2.75, 3.05) is 7.11 Å². The second-order valence-electron chi connectivity index (χ2n) is 4.30. The van der Waals surface area contributed by atoms with E-state index in [0.717, 1.165) is 29.9 Å². The van der Waals surface area contributed by atoms with Gasteiger partial charge < -0.3 is 4.74 Å². The summed E-state index contributed by atoms with van der Waals surface area (Å²) >= 11 is 6.05. The van der Waals surface area contributed by atoms with Gasteiger partial charge in [0.15, 0.2) is 0 Å². The molecular formula is C13H12ClN3O. The van der Waals surface area contributed by atoms with Crippen molar-refractivity contribution >= 4 is 11.6 Å². The number of hydrogen-bond donors (Lipinski definition) is 0. The molecule has 1 aliphatic rings. The molecule has 1 saturated carbocycles. The summed E-state index contributed by atoms with van der Waals surface area (Å²) in [4.78, 5) is 12.9. The van der Waals surface area contributed by atoms with Crippen LogP contribution >= 0.6 is 11.6 Å². The second kappa shape index (κ2) is 4.53. The van der Waals surface area contributed by atoms with Gasteiger partial charge in [0.2, 0.25) is 5.88 Å². The van der Waals surface area contributed by atoms with E-state index in [1.165, 1.54) is 0 Å². The van der Waals surface area contributed by atoms with E-state index in [1.807, 2.05) is 12.1 Å². The van der Waals surface area contributed by atoms with Crippen molar-refractivity contribution in [2.45, 2.75) is 18.8 Å². The molecule has 0 atom stereocenters. The normalized spacial score (nSPS) is 14.6. The van der Waals surface area contributed by atoms with Crippen LogP contribution in [0, 0.1) is 0 Å². The predicted octanol–water partition coefficient (Wildman–Crippen LogP) is 3.08. The molecule has 0 N–H and O–H groups in total. The first-order valence-electron chi connectivity index (χ1n) is 5.81. The maximum atomic E-state index is 6.05. The monoisotopic (exact) mass is 261 g/mol. The minimum absolute atomic E-state index is 0.478. The minimum Gasteiger partial charge on any atom is -0.481 e. The van der Waals surface area contributed by atoms with Gasteiger partial charge >= 0.3 is 0 Å². The summed E-state index contributed by atoms with van der Waals surface area (Å²) in [5, 5.41) is 0.484. The fourth-order valence-electron chi connectivity index (χ4n) is 1.79. The van der Waals surface area contributed by atoms with Crippen LogP contribution in [0.1, 0.15) is 24.6 Å². The van der Waals surface area contributed by atoms with Crippen LogP contribution in [-0.2, 0) is 0 Å². The molecule has 0 aromatic carbocycles. The Morgan fingerprint density at radius 2 is 2.11 bits per heavy atom. The average Bonchev–Trinajstić information content (AvgIpc) is 3.22. The fraction of sp³-hybridized carbons (Fsp3) is 0.308. The van der Waals surface area contributed by atoms with E-state index in [1.54, 1.807) is 19.4 Å². The minimum atomic E-state index is 0.478. The molecule has 0 aliphatic heterocycles. The van der Waals surface area contributed by atoms with Crippen LogP contribution in [0.2, 0.25) is 5.15 Å². The maximum Gasteiger partial charge on any atom is 0.213 e. The smallest absolute Gasteiger partial charge is 0.213 e. The van der Waals surface area contributed by atoms with Gasteiger partial charge in [0, 0.05) is 29.8 Å². The van der Waals surface area contributed by atoms with Crippen LogP contribution < -0.4 is 4.74 Å². The molecule has 2 aromatic rings. The molecule has 2 heterocycles. The highest BCUT2D eigenvalue weighted by Crippen LogP contribution is 2.39. The maximum absolute atomic E-state index is 6.05. The molecule has 2 aromatic heterocycles. The third kappa shape index (κ3) is 2.29. The van der Waals surface area contributed by atoms with E-state index in [2.05, 4.69) is 15.0 Å². The van der Waals surface area contributed by atoms with Crippen LogP contribution in [0.3, 0.4) is 0 Å². The molecule has 0 unspecified atom stereocenters. The van der Waals surface area contributed by atoms with Crippen molar-refractivity contribution in [2.24, 2.45) is 0 Å². The van der Waals surface area contributed by atoms with Gasteiger partial charge in [-0.3, -0.25) is 0 Å². The molecule has 3 rings (SSSR count). The van der Waals surface area contributed by atoms with E-state index < -0.39 is 0 Å². The van der Waals surface area contributed by atoms with Crippen molar-refractivity contribution in [3.63, 3.8) is 0 Å². The Labute approximate surface area is 110 Å². The van der Waals surface area contributed by atoms with E-state index >= 15 is 0 Å². The quantitative estimate of drug-likeness (QED) is 0.797. The highest BCUT2D eigenvalue weighted by atomic mass is 35.5. The summed E-state index contributed by atoms with van der Waals surface area (Å²) in [6.45, 7) is 0. The topological polar surface area (TPSA) is 47.9 Å². The first-order valence-corrected chi connectivity index (χ1v) is 6.19. The van der Waals surface area contributed by atoms with Gasteiger partial charge in [0.25, 0.3) is 0 Å². The van der Waals surface area contributed by atoms with Gasteiger partial charge in [-0.2, -0.15) is 0 Å². The predicted molar refractivity (Wildman–Crippen MR) is 68.8 cm³/mol. The van der Waals surface area contributed by atoms with E-state index in [4.69, 9.17) is 16.3 Å². The average molecular weight is 262 g/mol. The van der Waals surface area contributed by atoms with Crippen molar-refractivity contribution in [3.05, 3.63) is 35.4 Å². The zero-order valence-corrected chi connectivity index (χ0v) is 10.7. The molecule has 0 amide bonds. The summed E-state index contributed by atoms with van der Waals surface area (Å²) in [5.41, 5.74) is 1.76. The highest BCUT2D eigenvalue weighted by Gasteiger charge is 2.27. The van der Waals surface area contributed by atoms with Crippen molar-refractivity contribution in [3.8, 4) is 17.1 Å². The molecule has 5 heteroatoms. The molecular weight excluding hydrogens is 250 g/mol. The largest absolute Gasteiger partial charge is 0.481 e. The van der Waals surface area contributed by atoms with E-state index in [9.17, 15) is 0 Å². The molecule has 0 spiro atoms. The molecule has 0 radical (unpaired) electrons. The number of rotatable bonds is 3. The third-order valence-corrected chi connectivity index (χ3v) is 3.09. The Morgan fingerprint density at radius 3 is 2.83 bits per heavy atom. The van der Waals surface area contributed by atoms with Crippen LogP contribution in [0.4, 0.5) is 0 Å². The molecule has 0 saturated heterocycles. The molecule has 1 fully saturated rings. The summed E-state index contributed by atoms with van der Waals surface area (Å²) in [6, 6.07) is 5.50. The van der Waals surface area contributed by atoms with E-state index in [-0.39, 0.29) is 0 Å². The summed E-state index contributed by atoms with van der Waals surface area (Å²) in [5.74, 6) is 1.88. The Kier molecular flexibility index (Phi) is 2.88. The van der Waals surface area contributed by atoms with E-state index in [0.29, 0.717) is 17.0 Å². The lowest BCUT2D eigenvalue weighted by molar-refractivity contribution is 0.398. The van der Waals surface area contributed by atoms with Crippen molar-refractivity contribution in [1.82, 2.24) is 15.0 Å². The summed E-state index contributed by atoms with van der Waals surface area (Å²) < 4.78 is 5.11. The lowest BCUT2D eigenvalue weighted by Crippen LogP contribution is -1.96. The number of ether oxygens (including phenoxy) is 1. The Morgan fingerprint density at radius 1 is 1.28 bits per heavy atom. The van der Waals surface area contributed by atoms with Crippen molar-refractivity contribution < 1.29 is 4.74 Å². The summed E-state index contributed by atoms with van der Waals surface area (Å²) in [7, 11) is 1.59. The Bertz CT molecular complexity index is 584. The van der Waals surface area contributed by atoms with Gasteiger partial charge in [-0.15, -0.1) is 0 Å². The fourth-order valence-corrected chi connectivity index (χ4v) is 1.98. The number of pyridine rings is 1. The van der Waals surface area contributed by atoms with Gasteiger partial charge in [-0.25, -0.2) is 15.0 Å². The van der Waals surface area contributed by atoms with Gasteiger partial charge in [0.1, 0.15) is 11.0 Å². The SMILES string of the molecule is COc1cc(-c2cc(Cl)nc(C3CC3)n2)ccn1. The Balaban J connectivity index is 2.04. The number of aromatic nitrogens is 3. The highest BCUT2D eigenvalue weighted by molar-refractivity contribution is 6.29. The number of methoxy groups -OCH3 is 1. The van der Waals surface area contributed by atoms with Gasteiger partial charge in [-0.05, 0) is 18.9 Å². The van der Waals surface area contributed by atoms with Gasteiger partial charge in [0.05, 0.1) is 12.8 Å². The zero-order valence-electron chi connectivity index (χ0n) is 9.93. The third-order valence-electron chi connectivity index (χ3n) is 2.89. The van der Waals surface area contributed by atoms with Crippen molar-refractivity contribution in [1.29, 1.82) is 0 Å². The second-order valence-corrected chi connectivity index (χ2v) is 4.68. The van der Waals surface area contributed by atoms with Crippen LogP contribution in [0.15, 0.2) is 24.4 Å². The molecule has 18 heavy (non-hydrogen) atoms. The van der Waals surface area contributed by atoms with Gasteiger partial charge in [-0.1, -0.05) is 11.6 Å². The molecule has 4 nitrogen and oxygen atoms in total.